The van der Waals surface area contributed by atoms with Gasteiger partial charge in [-0.25, -0.2) is 4.79 Å². The maximum Gasteiger partial charge on any atom is 0.326 e. The largest absolute Gasteiger partial charge is 0.508 e. The van der Waals surface area contributed by atoms with Gasteiger partial charge in [-0.3, -0.25) is 19.2 Å². The van der Waals surface area contributed by atoms with Gasteiger partial charge >= 0.3 is 5.97 Å². The van der Waals surface area contributed by atoms with Crippen LogP contribution in [0.4, 0.5) is 0 Å². The summed E-state index contributed by atoms with van der Waals surface area (Å²) in [6, 6.07) is 6.69. The van der Waals surface area contributed by atoms with Gasteiger partial charge < -0.3 is 42.7 Å². The van der Waals surface area contributed by atoms with E-state index in [1.165, 1.54) is 36.4 Å². The monoisotopic (exact) mass is 571 g/mol. The minimum atomic E-state index is -1.33. The molecule has 2 aromatic rings. The zero-order chi connectivity index (χ0) is 30.7. The topological polar surface area (TPSA) is 234 Å². The van der Waals surface area contributed by atoms with Crippen molar-refractivity contribution < 1.29 is 39.3 Å². The Balaban J connectivity index is 2.35. The van der Waals surface area contributed by atoms with Crippen LogP contribution in [0.3, 0.4) is 0 Å². The highest BCUT2D eigenvalue weighted by Crippen LogP contribution is 2.14. The molecule has 0 aromatic heterocycles. The molecule has 222 valence electrons. The number of nitrogens with two attached hydrogens (primary N) is 2. The van der Waals surface area contributed by atoms with E-state index in [4.69, 9.17) is 11.5 Å². The Labute approximate surface area is 237 Å². The van der Waals surface area contributed by atoms with Gasteiger partial charge in [-0.2, -0.15) is 0 Å². The number of benzene rings is 2. The number of rotatable bonds is 15. The Morgan fingerprint density at radius 3 is 1.46 bits per heavy atom. The van der Waals surface area contributed by atoms with E-state index in [0.29, 0.717) is 11.1 Å². The number of nitrogens with one attached hydrogen (secondary N) is 3. The van der Waals surface area contributed by atoms with Crippen LogP contribution in [0.25, 0.3) is 0 Å². The fraction of sp³-hybridized carbons (Fsp3) is 0.393. The summed E-state index contributed by atoms with van der Waals surface area (Å²) in [4.78, 5) is 62.5. The summed E-state index contributed by atoms with van der Waals surface area (Å²) in [6.45, 7) is 3.61. The second-order valence-electron chi connectivity index (χ2n) is 10.2. The molecule has 0 bridgehead atoms. The summed E-state index contributed by atoms with van der Waals surface area (Å²) in [6.07, 6.45) is -0.442. The summed E-state index contributed by atoms with van der Waals surface area (Å²) in [5.41, 5.74) is 12.0. The van der Waals surface area contributed by atoms with Crippen LogP contribution in [0.2, 0.25) is 0 Å². The Morgan fingerprint density at radius 1 is 0.707 bits per heavy atom. The number of phenolic OH excluding ortho intramolecular Hbond substituents is 2. The summed E-state index contributed by atoms with van der Waals surface area (Å²) in [5.74, 6) is -4.49. The quantitative estimate of drug-likeness (QED) is 0.140. The average Bonchev–Trinajstić information content (AvgIpc) is 2.89. The molecule has 0 radical (unpaired) electrons. The summed E-state index contributed by atoms with van der Waals surface area (Å²) in [5, 5.41) is 36.4. The van der Waals surface area contributed by atoms with E-state index in [1.54, 1.807) is 26.0 Å². The van der Waals surface area contributed by atoms with Gasteiger partial charge in [0, 0.05) is 12.8 Å². The van der Waals surface area contributed by atoms with Crippen molar-refractivity contribution >= 4 is 29.6 Å². The van der Waals surface area contributed by atoms with Crippen molar-refractivity contribution in [1.29, 1.82) is 0 Å². The average molecular weight is 572 g/mol. The van der Waals surface area contributed by atoms with Crippen molar-refractivity contribution in [2.75, 3.05) is 0 Å². The Hall–Kier alpha value is -4.65. The van der Waals surface area contributed by atoms with E-state index in [2.05, 4.69) is 16.0 Å². The third-order valence-electron chi connectivity index (χ3n) is 6.10. The Morgan fingerprint density at radius 2 is 1.10 bits per heavy atom. The number of hydrogen-bond donors (Lipinski definition) is 8. The minimum absolute atomic E-state index is 0.00867. The van der Waals surface area contributed by atoms with Gasteiger partial charge in [-0.05, 0) is 47.7 Å². The Kier molecular flexibility index (Phi) is 12.1. The molecular weight excluding hydrogens is 534 g/mol. The molecule has 0 saturated carbocycles. The van der Waals surface area contributed by atoms with E-state index in [9.17, 15) is 39.3 Å². The number of phenols is 2. The highest BCUT2D eigenvalue weighted by molar-refractivity contribution is 5.95. The molecular formula is C28H37N5O8. The van der Waals surface area contributed by atoms with Gasteiger partial charge in [-0.15, -0.1) is 0 Å². The van der Waals surface area contributed by atoms with Gasteiger partial charge in [0.2, 0.25) is 23.6 Å². The first-order valence-electron chi connectivity index (χ1n) is 13.0. The van der Waals surface area contributed by atoms with E-state index in [0.717, 1.165) is 0 Å². The number of amides is 4. The fourth-order valence-electron chi connectivity index (χ4n) is 3.98. The maximum absolute atomic E-state index is 13.5. The van der Waals surface area contributed by atoms with E-state index >= 15 is 0 Å². The number of carboxylic acid groups (broad SMARTS) is 1. The number of primary amides is 1. The lowest BCUT2D eigenvalue weighted by molar-refractivity contribution is -0.142. The standard InChI is InChI=1S/C28H37N5O8/c1-15(2)11-23(28(40)41)33-27(39)22(13-17-5-9-19(35)10-6-17)32-26(38)21(12-16-3-7-18(34)8-4-16)31-25(37)20(29)14-24(30)36/h3-10,15,20-23,34-35H,11-14,29H2,1-2H3,(H2,30,36)(H,31,37)(H,32,38)(H,33,39)(H,40,41). The van der Waals surface area contributed by atoms with Gasteiger partial charge in [0.05, 0.1) is 12.5 Å². The molecule has 0 aliphatic carbocycles. The molecule has 10 N–H and O–H groups in total. The summed E-state index contributed by atoms with van der Waals surface area (Å²) >= 11 is 0. The maximum atomic E-state index is 13.5. The van der Waals surface area contributed by atoms with Crippen molar-refractivity contribution in [3.05, 3.63) is 59.7 Å². The highest BCUT2D eigenvalue weighted by atomic mass is 16.4. The molecule has 4 amide bonds. The third-order valence-corrected chi connectivity index (χ3v) is 6.10. The first-order chi connectivity index (χ1) is 19.2. The van der Waals surface area contributed by atoms with Crippen LogP contribution in [0, 0.1) is 5.92 Å². The lowest BCUT2D eigenvalue weighted by Crippen LogP contribution is -2.58. The van der Waals surface area contributed by atoms with Crippen molar-refractivity contribution in [1.82, 2.24) is 16.0 Å². The molecule has 2 rings (SSSR count). The van der Waals surface area contributed by atoms with Crippen molar-refractivity contribution in [3.8, 4) is 11.5 Å². The molecule has 0 heterocycles. The zero-order valence-electron chi connectivity index (χ0n) is 22.9. The minimum Gasteiger partial charge on any atom is -0.508 e. The Bertz CT molecular complexity index is 1220. The van der Waals surface area contributed by atoms with Crippen LogP contribution < -0.4 is 27.4 Å². The van der Waals surface area contributed by atoms with E-state index in [-0.39, 0.29) is 36.7 Å². The van der Waals surface area contributed by atoms with E-state index in [1.807, 2.05) is 0 Å². The highest BCUT2D eigenvalue weighted by Gasteiger charge is 2.31. The molecule has 4 unspecified atom stereocenters. The van der Waals surface area contributed by atoms with Crippen LogP contribution >= 0.6 is 0 Å². The molecule has 0 fully saturated rings. The SMILES string of the molecule is CC(C)CC(NC(=O)C(Cc1ccc(O)cc1)NC(=O)C(Cc1ccc(O)cc1)NC(=O)C(N)CC(N)=O)C(=O)O. The number of hydrogen-bond acceptors (Lipinski definition) is 8. The first kappa shape index (κ1) is 32.6. The van der Waals surface area contributed by atoms with Crippen molar-refractivity contribution in [2.45, 2.75) is 63.7 Å². The van der Waals surface area contributed by atoms with E-state index < -0.39 is 60.2 Å². The van der Waals surface area contributed by atoms with Crippen LogP contribution in [-0.2, 0) is 36.8 Å². The lowest BCUT2D eigenvalue weighted by Gasteiger charge is -2.26. The van der Waals surface area contributed by atoms with Crippen LogP contribution in [0.15, 0.2) is 48.5 Å². The number of carbonyl (C=O) groups excluding carboxylic acids is 4. The predicted octanol–water partition coefficient (Wildman–Crippen LogP) is -0.329. The van der Waals surface area contributed by atoms with Crippen LogP contribution in [0.1, 0.15) is 37.8 Å². The summed E-state index contributed by atoms with van der Waals surface area (Å²) < 4.78 is 0. The molecule has 2 aromatic carbocycles. The molecule has 41 heavy (non-hydrogen) atoms. The van der Waals surface area contributed by atoms with Gasteiger partial charge in [0.1, 0.15) is 29.6 Å². The normalized spacial score (nSPS) is 13.9. The predicted molar refractivity (Wildman–Crippen MR) is 148 cm³/mol. The lowest BCUT2D eigenvalue weighted by atomic mass is 10.0. The van der Waals surface area contributed by atoms with Gasteiger partial charge in [0.25, 0.3) is 0 Å². The van der Waals surface area contributed by atoms with Gasteiger partial charge in [-0.1, -0.05) is 38.1 Å². The molecule has 0 spiro atoms. The second kappa shape index (κ2) is 15.2. The zero-order valence-corrected chi connectivity index (χ0v) is 22.9. The molecule has 13 heteroatoms. The number of carboxylic acids is 1. The number of aromatic hydroxyl groups is 2. The van der Waals surface area contributed by atoms with Crippen LogP contribution in [0.5, 0.6) is 11.5 Å². The first-order valence-corrected chi connectivity index (χ1v) is 13.0. The fourth-order valence-corrected chi connectivity index (χ4v) is 3.98. The third kappa shape index (κ3) is 11.2. The number of aliphatic carboxylic acids is 1. The number of carbonyl (C=O) groups is 5. The van der Waals surface area contributed by atoms with Crippen LogP contribution in [-0.4, -0.2) is 69.1 Å². The smallest absolute Gasteiger partial charge is 0.326 e. The molecule has 0 aliphatic rings. The molecule has 13 nitrogen and oxygen atoms in total. The van der Waals surface area contributed by atoms with Gasteiger partial charge in [0.15, 0.2) is 0 Å². The second-order valence-corrected chi connectivity index (χ2v) is 10.2. The molecule has 0 aliphatic heterocycles. The molecule has 0 saturated heterocycles. The summed E-state index contributed by atoms with van der Waals surface area (Å²) in [7, 11) is 0. The molecule has 4 atom stereocenters. The van der Waals surface area contributed by atoms with Crippen molar-refractivity contribution in [3.63, 3.8) is 0 Å². The van der Waals surface area contributed by atoms with Crippen molar-refractivity contribution in [2.24, 2.45) is 17.4 Å².